The van der Waals surface area contributed by atoms with Crippen LogP contribution in [0.4, 0.5) is 4.39 Å². The average molecular weight is 365 g/mol. The van der Waals surface area contributed by atoms with E-state index in [4.69, 9.17) is 0 Å². The minimum Gasteiger partial charge on any atom is -0.206 e. The van der Waals surface area contributed by atoms with Gasteiger partial charge in [-0.05, 0) is 79.3 Å². The molecule has 0 amide bonds. The molecule has 0 unspecified atom stereocenters. The van der Waals surface area contributed by atoms with Crippen molar-refractivity contribution in [3.63, 3.8) is 0 Å². The van der Waals surface area contributed by atoms with E-state index in [9.17, 15) is 4.39 Å². The van der Waals surface area contributed by atoms with Crippen LogP contribution in [0.5, 0.6) is 0 Å². The zero-order chi connectivity index (χ0) is 19.9. The first-order valence-corrected chi connectivity index (χ1v) is 10.00. The standard InChI is InChI=1S/C25H31FN/c1-8-19(9-2)20-10-11-22-21(14-20)13-16(4)27(7)25(22)23-12-15(3)24(26)18(6)17(23)5/h10-14,19H,8-9H2,1-7H3/q+1. The summed E-state index contributed by atoms with van der Waals surface area (Å²) in [5, 5.41) is 2.50. The summed E-state index contributed by atoms with van der Waals surface area (Å²) < 4.78 is 16.6. The third-order valence-corrected chi connectivity index (χ3v) is 6.27. The highest BCUT2D eigenvalue weighted by Gasteiger charge is 2.23. The van der Waals surface area contributed by atoms with E-state index in [1.54, 1.807) is 0 Å². The lowest BCUT2D eigenvalue weighted by Gasteiger charge is -2.16. The topological polar surface area (TPSA) is 3.88 Å². The highest BCUT2D eigenvalue weighted by atomic mass is 19.1. The number of fused-ring (bicyclic) bond motifs is 1. The van der Waals surface area contributed by atoms with Gasteiger partial charge in [0.1, 0.15) is 12.9 Å². The Labute approximate surface area is 162 Å². The molecule has 0 aliphatic heterocycles. The zero-order valence-corrected chi connectivity index (χ0v) is 17.7. The van der Waals surface area contributed by atoms with Gasteiger partial charge in [-0.15, -0.1) is 0 Å². The summed E-state index contributed by atoms with van der Waals surface area (Å²) in [5.41, 5.74) is 7.38. The predicted octanol–water partition coefficient (Wildman–Crippen LogP) is 6.61. The molecule has 0 aliphatic carbocycles. The Morgan fingerprint density at radius 1 is 0.926 bits per heavy atom. The van der Waals surface area contributed by atoms with Gasteiger partial charge in [0.2, 0.25) is 5.69 Å². The van der Waals surface area contributed by atoms with Crippen LogP contribution >= 0.6 is 0 Å². The summed E-state index contributed by atoms with van der Waals surface area (Å²) in [6, 6.07) is 11.1. The normalized spacial score (nSPS) is 11.6. The second kappa shape index (κ2) is 7.42. The third-order valence-electron chi connectivity index (χ3n) is 6.27. The minimum absolute atomic E-state index is 0.0909. The van der Waals surface area contributed by atoms with E-state index < -0.39 is 0 Å². The van der Waals surface area contributed by atoms with Crippen LogP contribution in [-0.2, 0) is 7.05 Å². The molecule has 142 valence electrons. The first-order chi connectivity index (χ1) is 12.8. The van der Waals surface area contributed by atoms with Gasteiger partial charge >= 0.3 is 0 Å². The van der Waals surface area contributed by atoms with E-state index in [1.165, 1.54) is 27.7 Å². The molecule has 0 aliphatic rings. The molecular formula is C25H31FN+. The predicted molar refractivity (Wildman–Crippen MR) is 113 cm³/mol. The monoisotopic (exact) mass is 364 g/mol. The van der Waals surface area contributed by atoms with Crippen molar-refractivity contribution in [1.82, 2.24) is 0 Å². The summed E-state index contributed by atoms with van der Waals surface area (Å²) >= 11 is 0. The lowest BCUT2D eigenvalue weighted by Crippen LogP contribution is -2.35. The van der Waals surface area contributed by atoms with Crippen molar-refractivity contribution in [1.29, 1.82) is 0 Å². The number of nitrogens with zero attached hydrogens (tertiary/aromatic N) is 1. The maximum Gasteiger partial charge on any atom is 0.220 e. The summed E-state index contributed by atoms with van der Waals surface area (Å²) in [6.07, 6.45) is 2.31. The number of aromatic nitrogens is 1. The number of benzene rings is 2. The number of rotatable bonds is 4. The molecule has 3 rings (SSSR count). The summed E-state index contributed by atoms with van der Waals surface area (Å²) in [4.78, 5) is 0. The molecule has 1 aromatic heterocycles. The Hall–Kier alpha value is -2.22. The maximum absolute atomic E-state index is 14.4. The Kier molecular flexibility index (Phi) is 5.37. The van der Waals surface area contributed by atoms with E-state index in [0.29, 0.717) is 11.5 Å². The molecule has 0 radical (unpaired) electrons. The lowest BCUT2D eigenvalue weighted by molar-refractivity contribution is -0.665. The SMILES string of the molecule is CCC(CC)c1ccc2c(-c3cc(C)c(F)c(C)c3C)[n+](C)c(C)cc2c1. The van der Waals surface area contributed by atoms with E-state index in [0.717, 1.165) is 29.5 Å². The molecule has 2 heteroatoms. The van der Waals surface area contributed by atoms with Gasteiger partial charge < -0.3 is 0 Å². The zero-order valence-electron chi connectivity index (χ0n) is 17.7. The van der Waals surface area contributed by atoms with Gasteiger partial charge in [-0.1, -0.05) is 26.0 Å². The van der Waals surface area contributed by atoms with Gasteiger partial charge in [0.05, 0.1) is 10.9 Å². The maximum atomic E-state index is 14.4. The van der Waals surface area contributed by atoms with Gasteiger partial charge in [-0.25, -0.2) is 4.39 Å². The first kappa shape index (κ1) is 19.5. The molecule has 0 atom stereocenters. The second-order valence-electron chi connectivity index (χ2n) is 7.86. The van der Waals surface area contributed by atoms with Crippen LogP contribution in [0.1, 0.15) is 60.6 Å². The highest BCUT2D eigenvalue weighted by molar-refractivity contribution is 5.94. The van der Waals surface area contributed by atoms with Crippen LogP contribution in [0.15, 0.2) is 30.3 Å². The molecule has 27 heavy (non-hydrogen) atoms. The van der Waals surface area contributed by atoms with Gasteiger partial charge in [-0.3, -0.25) is 0 Å². The molecule has 0 saturated carbocycles. The first-order valence-electron chi connectivity index (χ1n) is 10.00. The molecule has 0 bridgehead atoms. The number of hydrogen-bond acceptors (Lipinski definition) is 0. The number of halogens is 1. The van der Waals surface area contributed by atoms with Crippen LogP contribution in [0, 0.1) is 33.5 Å². The van der Waals surface area contributed by atoms with Gasteiger partial charge in [0.25, 0.3) is 0 Å². The Bertz CT molecular complexity index is 1010. The molecule has 2 aromatic carbocycles. The molecule has 0 fully saturated rings. The number of aryl methyl sites for hydroxylation is 2. The van der Waals surface area contributed by atoms with Crippen LogP contribution in [0.3, 0.4) is 0 Å². The van der Waals surface area contributed by atoms with E-state index in [-0.39, 0.29) is 5.82 Å². The van der Waals surface area contributed by atoms with Crippen molar-refractivity contribution in [3.8, 4) is 11.3 Å². The molecule has 0 N–H and O–H groups in total. The number of hydrogen-bond donors (Lipinski definition) is 0. The molecule has 1 heterocycles. The fourth-order valence-corrected chi connectivity index (χ4v) is 4.23. The molecule has 0 spiro atoms. The average Bonchev–Trinajstić information content (AvgIpc) is 2.65. The minimum atomic E-state index is -0.0909. The van der Waals surface area contributed by atoms with Crippen molar-refractivity contribution < 1.29 is 8.96 Å². The Morgan fingerprint density at radius 2 is 1.59 bits per heavy atom. The largest absolute Gasteiger partial charge is 0.220 e. The summed E-state index contributed by atoms with van der Waals surface area (Å²) in [5.74, 6) is 0.510. The van der Waals surface area contributed by atoms with Gasteiger partial charge in [0.15, 0.2) is 5.69 Å². The lowest BCUT2D eigenvalue weighted by atomic mass is 9.90. The van der Waals surface area contributed by atoms with Crippen molar-refractivity contribution in [2.24, 2.45) is 7.05 Å². The van der Waals surface area contributed by atoms with E-state index in [2.05, 4.69) is 56.7 Å². The third kappa shape index (κ3) is 3.26. The van der Waals surface area contributed by atoms with Crippen molar-refractivity contribution in [2.45, 2.75) is 60.3 Å². The van der Waals surface area contributed by atoms with Gasteiger partial charge in [0, 0.05) is 13.0 Å². The fourth-order valence-electron chi connectivity index (χ4n) is 4.23. The molecule has 1 nitrogen and oxygen atoms in total. The Morgan fingerprint density at radius 3 is 2.22 bits per heavy atom. The van der Waals surface area contributed by atoms with E-state index in [1.807, 2.05) is 26.8 Å². The Balaban J connectivity index is 2.35. The van der Waals surface area contributed by atoms with Crippen LogP contribution in [-0.4, -0.2) is 0 Å². The quantitative estimate of drug-likeness (QED) is 0.459. The van der Waals surface area contributed by atoms with Crippen molar-refractivity contribution >= 4 is 10.8 Å². The van der Waals surface area contributed by atoms with Gasteiger partial charge in [-0.2, -0.15) is 4.57 Å². The smallest absolute Gasteiger partial charge is 0.206 e. The number of pyridine rings is 1. The van der Waals surface area contributed by atoms with E-state index >= 15 is 0 Å². The fraction of sp³-hybridized carbons (Fsp3) is 0.400. The molecular weight excluding hydrogens is 333 g/mol. The van der Waals surface area contributed by atoms with Crippen LogP contribution in [0.2, 0.25) is 0 Å². The van der Waals surface area contributed by atoms with Crippen LogP contribution < -0.4 is 4.57 Å². The summed E-state index contributed by atoms with van der Waals surface area (Å²) in [6.45, 7) is 12.4. The van der Waals surface area contributed by atoms with Crippen molar-refractivity contribution in [3.05, 3.63) is 64.1 Å². The van der Waals surface area contributed by atoms with Crippen molar-refractivity contribution in [2.75, 3.05) is 0 Å². The summed E-state index contributed by atoms with van der Waals surface area (Å²) in [7, 11) is 2.10. The van der Waals surface area contributed by atoms with Crippen LogP contribution in [0.25, 0.3) is 22.0 Å². The molecule has 0 saturated heterocycles. The second-order valence-corrected chi connectivity index (χ2v) is 7.86. The molecule has 3 aromatic rings. The highest BCUT2D eigenvalue weighted by Crippen LogP contribution is 2.34.